The Morgan fingerprint density at radius 2 is 1.67 bits per heavy atom. The summed E-state index contributed by atoms with van der Waals surface area (Å²) in [5.74, 6) is -0.892. The third-order valence-electron chi connectivity index (χ3n) is 7.83. The Kier molecular flexibility index (Phi) is 9.22. The Balaban J connectivity index is 1.26. The number of pyridine rings is 3. The summed E-state index contributed by atoms with van der Waals surface area (Å²) < 4.78 is 30.9. The maximum atomic E-state index is 16.3. The highest BCUT2D eigenvalue weighted by atomic mass is 19.1. The van der Waals surface area contributed by atoms with Crippen LogP contribution in [0.4, 0.5) is 25.8 Å². The molecule has 4 aromatic heterocycles. The van der Waals surface area contributed by atoms with Crippen molar-refractivity contribution in [3.63, 3.8) is 0 Å². The van der Waals surface area contributed by atoms with Crippen LogP contribution in [0.1, 0.15) is 16.8 Å². The second-order valence-corrected chi connectivity index (χ2v) is 11.6. The van der Waals surface area contributed by atoms with Gasteiger partial charge in [0.15, 0.2) is 5.65 Å². The SMILES string of the molecule is C=C(Nc1cncc(-c2cnc3[nH]nc(C(=C)Nc4ccnc(-c5cc(F)cc(NCCN(C)C)c5)c4C)c3c2F)c1)c1ccccc1. The van der Waals surface area contributed by atoms with Gasteiger partial charge in [0.2, 0.25) is 0 Å². The molecule has 0 amide bonds. The number of halogens is 2. The van der Waals surface area contributed by atoms with Gasteiger partial charge < -0.3 is 20.9 Å². The molecule has 0 fully saturated rings. The van der Waals surface area contributed by atoms with Crippen molar-refractivity contribution < 1.29 is 8.78 Å². The van der Waals surface area contributed by atoms with Crippen LogP contribution >= 0.6 is 0 Å². The van der Waals surface area contributed by atoms with Crippen molar-refractivity contribution in [3.8, 4) is 22.4 Å². The lowest BCUT2D eigenvalue weighted by Gasteiger charge is -2.16. The molecule has 0 saturated heterocycles. The molecule has 242 valence electrons. The summed E-state index contributed by atoms with van der Waals surface area (Å²) in [6.45, 7) is 11.6. The van der Waals surface area contributed by atoms with Gasteiger partial charge in [-0.2, -0.15) is 5.10 Å². The zero-order chi connectivity index (χ0) is 33.8. The van der Waals surface area contributed by atoms with E-state index in [1.165, 1.54) is 18.3 Å². The molecule has 0 bridgehead atoms. The molecule has 0 aliphatic heterocycles. The fraction of sp³-hybridized carbons (Fsp3) is 0.135. The van der Waals surface area contributed by atoms with E-state index in [1.807, 2.05) is 62.3 Å². The highest BCUT2D eigenvalue weighted by Crippen LogP contribution is 2.34. The molecule has 4 heterocycles. The Labute approximate surface area is 277 Å². The summed E-state index contributed by atoms with van der Waals surface area (Å²) in [5, 5.41) is 17.1. The quantitative estimate of drug-likeness (QED) is 0.107. The van der Waals surface area contributed by atoms with E-state index in [4.69, 9.17) is 0 Å². The number of rotatable bonds is 12. The first-order valence-electron chi connectivity index (χ1n) is 15.3. The Hall–Kier alpha value is -5.94. The van der Waals surface area contributed by atoms with Crippen LogP contribution in [0.25, 0.3) is 44.8 Å². The van der Waals surface area contributed by atoms with E-state index >= 15 is 4.39 Å². The zero-order valence-corrected chi connectivity index (χ0v) is 26.9. The Morgan fingerprint density at radius 1 is 0.875 bits per heavy atom. The first kappa shape index (κ1) is 32.0. The average molecular weight is 644 g/mol. The van der Waals surface area contributed by atoms with E-state index < -0.39 is 5.82 Å². The molecule has 11 heteroatoms. The van der Waals surface area contributed by atoms with Gasteiger partial charge in [0.05, 0.1) is 28.7 Å². The first-order valence-corrected chi connectivity index (χ1v) is 15.3. The summed E-state index contributed by atoms with van der Waals surface area (Å²) >= 11 is 0. The highest BCUT2D eigenvalue weighted by molar-refractivity contribution is 5.94. The van der Waals surface area contributed by atoms with Crippen LogP contribution in [0.15, 0.2) is 98.6 Å². The molecule has 0 atom stereocenters. The molecule has 48 heavy (non-hydrogen) atoms. The van der Waals surface area contributed by atoms with E-state index in [0.717, 1.165) is 17.7 Å². The van der Waals surface area contributed by atoms with Gasteiger partial charge in [-0.25, -0.2) is 13.8 Å². The third kappa shape index (κ3) is 6.91. The summed E-state index contributed by atoms with van der Waals surface area (Å²) in [7, 11) is 3.96. The number of aromatic nitrogens is 5. The van der Waals surface area contributed by atoms with E-state index in [0.29, 0.717) is 51.8 Å². The van der Waals surface area contributed by atoms with Gasteiger partial charge >= 0.3 is 0 Å². The van der Waals surface area contributed by atoms with E-state index in [1.54, 1.807) is 30.7 Å². The predicted octanol–water partition coefficient (Wildman–Crippen LogP) is 7.81. The number of nitrogens with one attached hydrogen (secondary N) is 4. The van der Waals surface area contributed by atoms with Crippen molar-refractivity contribution >= 4 is 39.5 Å². The lowest BCUT2D eigenvalue weighted by atomic mass is 10.0. The standard InChI is InChI=1S/C37H35F2N9/c1-22-32(11-12-42-35(22)26-15-28(38)18-29(16-26)41-13-14-48(4)5)45-24(3)36-33-34(39)31(21-43-37(33)47-46-36)27-17-30(20-40-19-27)44-23(2)25-9-7-6-8-10-25/h6-12,15-21,41,44H,2-3,13-14H2,1,4-5H3,(H,42,45)(H,43,46,47). The number of hydrogen-bond donors (Lipinski definition) is 4. The maximum Gasteiger partial charge on any atom is 0.158 e. The molecule has 9 nitrogen and oxygen atoms in total. The number of aromatic amines is 1. The second kappa shape index (κ2) is 13.8. The number of likely N-dealkylation sites (N-methyl/N-ethyl adjacent to an activating group) is 1. The number of nitrogens with zero attached hydrogens (tertiary/aromatic N) is 5. The normalized spacial score (nSPS) is 11.1. The minimum atomic E-state index is -0.520. The second-order valence-electron chi connectivity index (χ2n) is 11.6. The predicted molar refractivity (Wildman–Crippen MR) is 190 cm³/mol. The van der Waals surface area contributed by atoms with Crippen LogP contribution in [0.5, 0.6) is 0 Å². The number of anilines is 3. The van der Waals surface area contributed by atoms with Crippen molar-refractivity contribution in [1.82, 2.24) is 30.0 Å². The summed E-state index contributed by atoms with van der Waals surface area (Å²) in [4.78, 5) is 15.3. The molecule has 4 N–H and O–H groups in total. The van der Waals surface area contributed by atoms with Crippen molar-refractivity contribution in [1.29, 1.82) is 0 Å². The largest absolute Gasteiger partial charge is 0.384 e. The average Bonchev–Trinajstić information content (AvgIpc) is 3.51. The smallest absolute Gasteiger partial charge is 0.158 e. The van der Waals surface area contributed by atoms with Crippen LogP contribution < -0.4 is 16.0 Å². The highest BCUT2D eigenvalue weighted by Gasteiger charge is 2.20. The maximum absolute atomic E-state index is 16.3. The van der Waals surface area contributed by atoms with Gasteiger partial charge in [-0.05, 0) is 62.5 Å². The minimum Gasteiger partial charge on any atom is -0.384 e. The first-order chi connectivity index (χ1) is 23.2. The molecule has 0 aliphatic carbocycles. The fourth-order valence-electron chi connectivity index (χ4n) is 5.35. The summed E-state index contributed by atoms with van der Waals surface area (Å²) in [5.41, 5.74) is 7.24. The number of fused-ring (bicyclic) bond motifs is 1. The van der Waals surface area contributed by atoms with Crippen LogP contribution in [0.3, 0.4) is 0 Å². The fourth-order valence-corrected chi connectivity index (χ4v) is 5.35. The number of hydrogen-bond acceptors (Lipinski definition) is 8. The Morgan fingerprint density at radius 3 is 2.46 bits per heavy atom. The molecule has 0 spiro atoms. The zero-order valence-electron chi connectivity index (χ0n) is 26.9. The third-order valence-corrected chi connectivity index (χ3v) is 7.83. The van der Waals surface area contributed by atoms with Gasteiger partial charge in [-0.15, -0.1) is 0 Å². The number of H-pyrrole nitrogens is 1. The van der Waals surface area contributed by atoms with E-state index in [-0.39, 0.29) is 28.1 Å². The monoisotopic (exact) mass is 643 g/mol. The lowest BCUT2D eigenvalue weighted by molar-refractivity contribution is 0.425. The molecule has 6 aromatic rings. The van der Waals surface area contributed by atoms with Crippen LogP contribution in [-0.2, 0) is 0 Å². The summed E-state index contributed by atoms with van der Waals surface area (Å²) in [6.07, 6.45) is 6.30. The molecule has 0 aliphatic rings. The molecule has 2 aromatic carbocycles. The molecular weight excluding hydrogens is 608 g/mol. The molecule has 0 unspecified atom stereocenters. The van der Waals surface area contributed by atoms with Gasteiger partial charge in [0.25, 0.3) is 0 Å². The summed E-state index contributed by atoms with van der Waals surface area (Å²) in [6, 6.07) is 18.0. The van der Waals surface area contributed by atoms with E-state index in [9.17, 15) is 4.39 Å². The van der Waals surface area contributed by atoms with Gasteiger partial charge in [0, 0.05) is 65.4 Å². The molecule has 6 rings (SSSR count). The molecule has 0 radical (unpaired) electrons. The van der Waals surface area contributed by atoms with Gasteiger partial charge in [-0.1, -0.05) is 43.5 Å². The van der Waals surface area contributed by atoms with Gasteiger partial charge in [-0.3, -0.25) is 15.1 Å². The molecule has 0 saturated carbocycles. The van der Waals surface area contributed by atoms with Crippen molar-refractivity contribution in [2.45, 2.75) is 6.92 Å². The van der Waals surface area contributed by atoms with E-state index in [2.05, 4.69) is 54.3 Å². The van der Waals surface area contributed by atoms with Gasteiger partial charge in [0.1, 0.15) is 17.3 Å². The van der Waals surface area contributed by atoms with Crippen LogP contribution in [-0.4, -0.2) is 57.2 Å². The van der Waals surface area contributed by atoms with Crippen molar-refractivity contribution in [2.75, 3.05) is 43.1 Å². The number of benzene rings is 2. The van der Waals surface area contributed by atoms with Crippen LogP contribution in [0.2, 0.25) is 0 Å². The topological polar surface area (TPSA) is 107 Å². The van der Waals surface area contributed by atoms with Crippen molar-refractivity contribution in [3.05, 3.63) is 127 Å². The Bertz CT molecular complexity index is 2120. The minimum absolute atomic E-state index is 0.183. The molecular formula is C37H35F2N9. The lowest BCUT2D eigenvalue weighted by Crippen LogP contribution is -2.20. The van der Waals surface area contributed by atoms with Crippen LogP contribution in [0, 0.1) is 18.6 Å². The van der Waals surface area contributed by atoms with Crippen molar-refractivity contribution in [2.24, 2.45) is 0 Å².